The van der Waals surface area contributed by atoms with Crippen LogP contribution in [-0.4, -0.2) is 17.1 Å². The monoisotopic (exact) mass is 439 g/mol. The van der Waals surface area contributed by atoms with Crippen molar-refractivity contribution in [1.29, 1.82) is 0 Å². The average molecular weight is 440 g/mol. The number of carbonyl (C=O) groups excluding carboxylic acids is 1. The van der Waals surface area contributed by atoms with Crippen molar-refractivity contribution >= 4 is 54.7 Å². The highest BCUT2D eigenvalue weighted by atomic mass is 79.9. The van der Waals surface area contributed by atoms with E-state index in [1.807, 2.05) is 49.4 Å². The van der Waals surface area contributed by atoms with Crippen LogP contribution in [0, 0.1) is 6.92 Å². The second-order valence-electron chi connectivity index (χ2n) is 5.86. The van der Waals surface area contributed by atoms with Gasteiger partial charge in [0.15, 0.2) is 5.76 Å². The molecule has 0 unspecified atom stereocenters. The fourth-order valence-electron chi connectivity index (χ4n) is 2.45. The van der Waals surface area contributed by atoms with Crippen molar-refractivity contribution in [3.63, 3.8) is 0 Å². The maximum Gasteiger partial charge on any atom is 0.316 e. The van der Waals surface area contributed by atoms with E-state index in [1.54, 1.807) is 18.3 Å². The van der Waals surface area contributed by atoms with E-state index in [4.69, 9.17) is 4.42 Å². The first-order valence-corrected chi connectivity index (χ1v) is 9.76. The lowest BCUT2D eigenvalue weighted by molar-refractivity contribution is 0.0961. The van der Waals surface area contributed by atoms with Crippen LogP contribution < -0.4 is 5.01 Å². The number of aryl methyl sites for hydroxylation is 1. The Bertz CT molecular complexity index is 1120. The Morgan fingerprint density at radius 1 is 1.22 bits per heavy atom. The van der Waals surface area contributed by atoms with Gasteiger partial charge in [0, 0.05) is 4.47 Å². The first-order chi connectivity index (χ1) is 13.1. The van der Waals surface area contributed by atoms with Gasteiger partial charge in [-0.1, -0.05) is 57.1 Å². The van der Waals surface area contributed by atoms with E-state index < -0.39 is 0 Å². The van der Waals surface area contributed by atoms with E-state index in [0.29, 0.717) is 5.13 Å². The van der Waals surface area contributed by atoms with Crippen molar-refractivity contribution in [3.8, 4) is 0 Å². The third kappa shape index (κ3) is 3.84. The number of rotatable bonds is 4. The van der Waals surface area contributed by atoms with E-state index in [1.165, 1.54) is 22.6 Å². The number of hydrogen-bond acceptors (Lipinski definition) is 5. The number of anilines is 1. The Hall–Kier alpha value is -2.77. The van der Waals surface area contributed by atoms with Crippen LogP contribution in [-0.2, 0) is 0 Å². The molecule has 27 heavy (non-hydrogen) atoms. The largest absolute Gasteiger partial charge is 0.459 e. The van der Waals surface area contributed by atoms with Crippen LogP contribution in [0.3, 0.4) is 0 Å². The molecule has 0 aliphatic rings. The van der Waals surface area contributed by atoms with Gasteiger partial charge in [-0.3, -0.25) is 4.79 Å². The maximum absolute atomic E-state index is 12.9. The van der Waals surface area contributed by atoms with E-state index >= 15 is 0 Å². The summed E-state index contributed by atoms with van der Waals surface area (Å²) in [5.74, 6) is -0.169. The molecule has 4 rings (SSSR count). The summed E-state index contributed by atoms with van der Waals surface area (Å²) in [6, 6.07) is 17.0. The van der Waals surface area contributed by atoms with Crippen molar-refractivity contribution in [2.75, 3.05) is 5.01 Å². The molecule has 5 nitrogen and oxygen atoms in total. The zero-order valence-corrected chi connectivity index (χ0v) is 16.7. The van der Waals surface area contributed by atoms with Gasteiger partial charge in [0.2, 0.25) is 5.13 Å². The molecule has 0 N–H and O–H groups in total. The quantitative estimate of drug-likeness (QED) is 0.305. The highest BCUT2D eigenvalue weighted by molar-refractivity contribution is 9.10. The number of halogens is 1. The van der Waals surface area contributed by atoms with Crippen molar-refractivity contribution in [2.24, 2.45) is 5.10 Å². The fourth-order valence-corrected chi connectivity index (χ4v) is 3.92. The highest BCUT2D eigenvalue weighted by Gasteiger charge is 2.23. The number of hydrazone groups is 1. The van der Waals surface area contributed by atoms with Gasteiger partial charge in [0.25, 0.3) is 0 Å². The third-order valence-corrected chi connectivity index (χ3v) is 5.33. The van der Waals surface area contributed by atoms with Gasteiger partial charge in [0.1, 0.15) is 0 Å². The summed E-state index contributed by atoms with van der Waals surface area (Å²) in [5.41, 5.74) is 2.86. The predicted octanol–water partition coefficient (Wildman–Crippen LogP) is 5.64. The molecule has 0 aliphatic carbocycles. The normalized spacial score (nSPS) is 11.3. The Morgan fingerprint density at radius 3 is 2.78 bits per heavy atom. The predicted molar refractivity (Wildman–Crippen MR) is 112 cm³/mol. The summed E-state index contributed by atoms with van der Waals surface area (Å²) in [4.78, 5) is 17.5. The van der Waals surface area contributed by atoms with Crippen LogP contribution >= 0.6 is 27.3 Å². The molecule has 0 atom stereocenters. The zero-order valence-electron chi connectivity index (χ0n) is 14.3. The lowest BCUT2D eigenvalue weighted by Gasteiger charge is -2.11. The van der Waals surface area contributed by atoms with Crippen molar-refractivity contribution in [2.45, 2.75) is 6.92 Å². The molecule has 0 spiro atoms. The number of benzene rings is 2. The van der Waals surface area contributed by atoms with Gasteiger partial charge in [-0.15, -0.1) is 0 Å². The summed E-state index contributed by atoms with van der Waals surface area (Å²) in [5, 5.41) is 6.16. The molecular weight excluding hydrogens is 426 g/mol. The van der Waals surface area contributed by atoms with Crippen LogP contribution in [0.5, 0.6) is 0 Å². The number of amides is 1. The molecule has 0 aliphatic heterocycles. The summed E-state index contributed by atoms with van der Waals surface area (Å²) >= 11 is 4.85. The summed E-state index contributed by atoms with van der Waals surface area (Å²) in [6.45, 7) is 2.02. The number of thiazole rings is 1. The van der Waals surface area contributed by atoms with Crippen molar-refractivity contribution in [1.82, 2.24) is 4.98 Å². The molecule has 0 fully saturated rings. The summed E-state index contributed by atoms with van der Waals surface area (Å²) in [6.07, 6.45) is 3.10. The molecular formula is C20H14BrN3O2S. The second-order valence-corrected chi connectivity index (χ2v) is 7.78. The van der Waals surface area contributed by atoms with Crippen LogP contribution in [0.25, 0.3) is 10.2 Å². The van der Waals surface area contributed by atoms with Crippen molar-refractivity contribution < 1.29 is 9.21 Å². The first-order valence-electron chi connectivity index (χ1n) is 8.15. The lowest BCUT2D eigenvalue weighted by Crippen LogP contribution is -2.25. The first kappa shape index (κ1) is 17.6. The molecule has 4 aromatic rings. The summed E-state index contributed by atoms with van der Waals surface area (Å²) < 4.78 is 7.18. The molecule has 0 radical (unpaired) electrons. The van der Waals surface area contributed by atoms with E-state index in [2.05, 4.69) is 26.0 Å². The van der Waals surface area contributed by atoms with Crippen LogP contribution in [0.4, 0.5) is 5.13 Å². The zero-order chi connectivity index (χ0) is 18.8. The van der Waals surface area contributed by atoms with E-state index in [9.17, 15) is 4.79 Å². The molecule has 0 saturated heterocycles. The number of aromatic nitrogens is 1. The SMILES string of the molecule is Cc1ccc(/C=N/N(C(=O)c2ccco2)c2nc3ccc(Br)cc3s2)cc1. The molecule has 7 heteroatoms. The van der Waals surface area contributed by atoms with Gasteiger partial charge >= 0.3 is 5.91 Å². The molecule has 1 amide bonds. The Labute approximate surface area is 168 Å². The van der Waals surface area contributed by atoms with Crippen molar-refractivity contribution in [3.05, 3.63) is 82.2 Å². The maximum atomic E-state index is 12.9. The van der Waals surface area contributed by atoms with Gasteiger partial charge in [-0.2, -0.15) is 10.1 Å². The fraction of sp³-hybridized carbons (Fsp3) is 0.0500. The second kappa shape index (κ2) is 7.46. The highest BCUT2D eigenvalue weighted by Crippen LogP contribution is 2.31. The number of carbonyl (C=O) groups is 1. The van der Waals surface area contributed by atoms with Crippen LogP contribution in [0.15, 0.2) is 74.9 Å². The minimum absolute atomic E-state index is 0.205. The van der Waals surface area contributed by atoms with E-state index in [-0.39, 0.29) is 11.7 Å². The van der Waals surface area contributed by atoms with Gasteiger partial charge in [-0.25, -0.2) is 4.98 Å². The molecule has 2 aromatic heterocycles. The topological polar surface area (TPSA) is 58.7 Å². The van der Waals surface area contributed by atoms with Gasteiger partial charge < -0.3 is 4.42 Å². The van der Waals surface area contributed by atoms with Crippen LogP contribution in [0.2, 0.25) is 0 Å². The lowest BCUT2D eigenvalue weighted by atomic mass is 10.2. The van der Waals surface area contributed by atoms with E-state index in [0.717, 1.165) is 25.8 Å². The molecule has 0 saturated carbocycles. The number of nitrogens with zero attached hydrogens (tertiary/aromatic N) is 3. The molecule has 0 bridgehead atoms. The smallest absolute Gasteiger partial charge is 0.316 e. The Morgan fingerprint density at radius 2 is 2.04 bits per heavy atom. The molecule has 2 aromatic carbocycles. The molecule has 2 heterocycles. The summed E-state index contributed by atoms with van der Waals surface area (Å²) in [7, 11) is 0. The Kier molecular flexibility index (Phi) is 4.87. The Balaban J connectivity index is 1.74. The standard InChI is InChI=1S/C20H14BrN3O2S/c1-13-4-6-14(7-5-13)12-22-24(19(25)17-3-2-10-26-17)20-23-16-9-8-15(21)11-18(16)27-20/h2-12H,1H3/b22-12+. The van der Waals surface area contributed by atoms with Gasteiger partial charge in [-0.05, 0) is 42.8 Å². The third-order valence-electron chi connectivity index (χ3n) is 3.84. The number of hydrogen-bond donors (Lipinski definition) is 0. The molecule has 134 valence electrons. The number of fused-ring (bicyclic) bond motifs is 1. The minimum Gasteiger partial charge on any atom is -0.459 e. The minimum atomic E-state index is -0.374. The van der Waals surface area contributed by atoms with Crippen LogP contribution in [0.1, 0.15) is 21.7 Å². The van der Waals surface area contributed by atoms with Gasteiger partial charge in [0.05, 0.1) is 22.7 Å². The average Bonchev–Trinajstić information content (AvgIpc) is 3.32. The number of furan rings is 1.